The summed E-state index contributed by atoms with van der Waals surface area (Å²) in [6.45, 7) is 0.410. The highest BCUT2D eigenvalue weighted by atomic mass is 19.4. The topological polar surface area (TPSA) is 21.3 Å². The summed E-state index contributed by atoms with van der Waals surface area (Å²) in [5.41, 5.74) is -0.0633. The molecule has 0 aromatic heterocycles. The van der Waals surface area contributed by atoms with Gasteiger partial charge in [-0.05, 0) is 50.4 Å². The molecule has 1 aromatic rings. The molecule has 1 fully saturated rings. The fourth-order valence-corrected chi connectivity index (χ4v) is 2.58. The molecule has 1 aliphatic rings. The van der Waals surface area contributed by atoms with E-state index < -0.39 is 11.7 Å². The summed E-state index contributed by atoms with van der Waals surface area (Å²) < 4.78 is 45.0. The number of hydrogen-bond donors (Lipinski definition) is 1. The Morgan fingerprint density at radius 3 is 2.50 bits per heavy atom. The van der Waals surface area contributed by atoms with Crippen LogP contribution in [0, 0.1) is 0 Å². The molecule has 1 aliphatic carbocycles. The van der Waals surface area contributed by atoms with Crippen LogP contribution in [0.25, 0.3) is 0 Å². The Morgan fingerprint density at radius 2 is 1.90 bits per heavy atom. The van der Waals surface area contributed by atoms with Gasteiger partial charge in [-0.15, -0.1) is 0 Å². The summed E-state index contributed by atoms with van der Waals surface area (Å²) in [4.78, 5) is 0. The number of hydrogen-bond acceptors (Lipinski definition) is 2. The molecule has 20 heavy (non-hydrogen) atoms. The first-order valence-electron chi connectivity index (χ1n) is 7.02. The molecule has 0 spiro atoms. The molecule has 0 atom stereocenters. The third-order valence-electron chi connectivity index (χ3n) is 3.58. The maximum absolute atomic E-state index is 13.1. The third kappa shape index (κ3) is 3.88. The van der Waals surface area contributed by atoms with Crippen molar-refractivity contribution in [3.05, 3.63) is 29.3 Å². The molecular weight excluding hydrogens is 267 g/mol. The predicted molar refractivity (Wildman–Crippen MR) is 71.7 cm³/mol. The van der Waals surface area contributed by atoms with E-state index in [-0.39, 0.29) is 11.9 Å². The summed E-state index contributed by atoms with van der Waals surface area (Å²) in [5.74, 6) is -0.0377. The molecule has 0 radical (unpaired) electrons. The Morgan fingerprint density at radius 1 is 1.20 bits per heavy atom. The molecule has 0 heterocycles. The summed E-state index contributed by atoms with van der Waals surface area (Å²) in [6, 6.07) is 4.31. The standard InChI is InChI=1S/C15H20F3NO/c1-19-10-11-7-8-14(13(9-11)15(16,17)18)20-12-5-3-2-4-6-12/h7-9,12,19H,2-6,10H2,1H3. The molecule has 1 N–H and O–H groups in total. The van der Waals surface area contributed by atoms with Crippen molar-refractivity contribution < 1.29 is 17.9 Å². The lowest BCUT2D eigenvalue weighted by atomic mass is 9.97. The number of benzene rings is 1. The highest BCUT2D eigenvalue weighted by Crippen LogP contribution is 2.38. The van der Waals surface area contributed by atoms with Crippen molar-refractivity contribution >= 4 is 0 Å². The Bertz CT molecular complexity index is 439. The molecule has 1 aromatic carbocycles. The largest absolute Gasteiger partial charge is 0.490 e. The van der Waals surface area contributed by atoms with Crippen LogP contribution in [-0.4, -0.2) is 13.2 Å². The minimum atomic E-state index is -4.38. The van der Waals surface area contributed by atoms with Crippen molar-refractivity contribution in [2.24, 2.45) is 0 Å². The average Bonchev–Trinajstić information content (AvgIpc) is 2.41. The van der Waals surface area contributed by atoms with E-state index >= 15 is 0 Å². The Kier molecular flexibility index (Phi) is 4.91. The summed E-state index contributed by atoms with van der Waals surface area (Å²) in [5, 5.41) is 2.86. The fourth-order valence-electron chi connectivity index (χ4n) is 2.58. The highest BCUT2D eigenvalue weighted by molar-refractivity contribution is 5.39. The molecule has 112 valence electrons. The van der Waals surface area contributed by atoms with E-state index in [0.717, 1.165) is 32.1 Å². The fraction of sp³-hybridized carbons (Fsp3) is 0.600. The smallest absolute Gasteiger partial charge is 0.419 e. The zero-order valence-corrected chi connectivity index (χ0v) is 11.6. The van der Waals surface area contributed by atoms with E-state index in [1.165, 1.54) is 12.1 Å². The van der Waals surface area contributed by atoms with Gasteiger partial charge >= 0.3 is 6.18 Å². The second-order valence-corrected chi connectivity index (χ2v) is 5.24. The molecule has 0 aliphatic heterocycles. The molecule has 1 saturated carbocycles. The molecule has 0 unspecified atom stereocenters. The van der Waals surface area contributed by atoms with Gasteiger partial charge in [-0.2, -0.15) is 13.2 Å². The van der Waals surface area contributed by atoms with Gasteiger partial charge in [0.2, 0.25) is 0 Å². The first kappa shape index (κ1) is 15.2. The zero-order valence-electron chi connectivity index (χ0n) is 11.6. The van der Waals surface area contributed by atoms with Gasteiger partial charge in [0, 0.05) is 6.54 Å². The molecule has 2 rings (SSSR count). The van der Waals surface area contributed by atoms with Crippen molar-refractivity contribution in [1.82, 2.24) is 5.32 Å². The maximum Gasteiger partial charge on any atom is 0.419 e. The minimum Gasteiger partial charge on any atom is -0.490 e. The molecule has 0 bridgehead atoms. The first-order chi connectivity index (χ1) is 9.50. The maximum atomic E-state index is 13.1. The molecule has 0 amide bonds. The van der Waals surface area contributed by atoms with Gasteiger partial charge < -0.3 is 10.1 Å². The van der Waals surface area contributed by atoms with E-state index in [2.05, 4.69) is 5.32 Å². The van der Waals surface area contributed by atoms with Crippen LogP contribution in [-0.2, 0) is 12.7 Å². The zero-order chi connectivity index (χ0) is 14.6. The van der Waals surface area contributed by atoms with Crippen molar-refractivity contribution in [1.29, 1.82) is 0 Å². The van der Waals surface area contributed by atoms with Crippen molar-refractivity contribution in [2.75, 3.05) is 7.05 Å². The van der Waals surface area contributed by atoms with E-state index in [4.69, 9.17) is 4.74 Å². The number of halogens is 3. The first-order valence-corrected chi connectivity index (χ1v) is 7.02. The highest BCUT2D eigenvalue weighted by Gasteiger charge is 2.35. The van der Waals surface area contributed by atoms with Crippen molar-refractivity contribution in [2.45, 2.75) is 50.9 Å². The molecule has 0 saturated heterocycles. The van der Waals surface area contributed by atoms with Gasteiger partial charge in [0.15, 0.2) is 0 Å². The Hall–Kier alpha value is -1.23. The lowest BCUT2D eigenvalue weighted by molar-refractivity contribution is -0.139. The van der Waals surface area contributed by atoms with Crippen molar-refractivity contribution in [3.8, 4) is 5.75 Å². The van der Waals surface area contributed by atoms with Crippen LogP contribution in [0.5, 0.6) is 5.75 Å². The van der Waals surface area contributed by atoms with Crippen LogP contribution in [0.2, 0.25) is 0 Å². The summed E-state index contributed by atoms with van der Waals surface area (Å²) in [7, 11) is 1.71. The average molecular weight is 287 g/mol. The van der Waals surface area contributed by atoms with Crippen LogP contribution in [0.4, 0.5) is 13.2 Å². The second-order valence-electron chi connectivity index (χ2n) is 5.24. The van der Waals surface area contributed by atoms with Gasteiger partial charge in [-0.25, -0.2) is 0 Å². The van der Waals surface area contributed by atoms with E-state index in [0.29, 0.717) is 12.1 Å². The quantitative estimate of drug-likeness (QED) is 0.898. The van der Waals surface area contributed by atoms with Crippen molar-refractivity contribution in [3.63, 3.8) is 0 Å². The van der Waals surface area contributed by atoms with Crippen LogP contribution < -0.4 is 10.1 Å². The molecular formula is C15H20F3NO. The SMILES string of the molecule is CNCc1ccc(OC2CCCCC2)c(C(F)(F)F)c1. The predicted octanol–water partition coefficient (Wildman–Crippen LogP) is 4.14. The van der Waals surface area contributed by atoms with Gasteiger partial charge in [0.1, 0.15) is 5.75 Å². The number of rotatable bonds is 4. The van der Waals surface area contributed by atoms with Gasteiger partial charge in [0.25, 0.3) is 0 Å². The van der Waals surface area contributed by atoms with Crippen LogP contribution >= 0.6 is 0 Å². The lowest BCUT2D eigenvalue weighted by Gasteiger charge is -2.25. The Balaban J connectivity index is 2.21. The van der Waals surface area contributed by atoms with Crippen LogP contribution in [0.1, 0.15) is 43.2 Å². The summed E-state index contributed by atoms with van der Waals surface area (Å²) in [6.07, 6.45) is 0.430. The lowest BCUT2D eigenvalue weighted by Crippen LogP contribution is -2.21. The van der Waals surface area contributed by atoms with E-state index in [9.17, 15) is 13.2 Å². The van der Waals surface area contributed by atoms with E-state index in [1.54, 1.807) is 13.1 Å². The van der Waals surface area contributed by atoms with Crippen LogP contribution in [0.3, 0.4) is 0 Å². The summed E-state index contributed by atoms with van der Waals surface area (Å²) >= 11 is 0. The van der Waals surface area contributed by atoms with Gasteiger partial charge in [-0.3, -0.25) is 0 Å². The monoisotopic (exact) mass is 287 g/mol. The Labute approximate surface area is 117 Å². The second kappa shape index (κ2) is 6.48. The minimum absolute atomic E-state index is 0.0377. The van der Waals surface area contributed by atoms with Crippen LogP contribution in [0.15, 0.2) is 18.2 Å². The molecule has 5 heteroatoms. The number of alkyl halides is 3. The van der Waals surface area contributed by atoms with E-state index in [1.807, 2.05) is 0 Å². The number of ether oxygens (including phenoxy) is 1. The third-order valence-corrected chi connectivity index (χ3v) is 3.58. The number of nitrogens with one attached hydrogen (secondary N) is 1. The normalized spacial score (nSPS) is 17.2. The van der Waals surface area contributed by atoms with Gasteiger partial charge in [-0.1, -0.05) is 12.5 Å². The molecule has 2 nitrogen and oxygen atoms in total. The van der Waals surface area contributed by atoms with Gasteiger partial charge in [0.05, 0.1) is 11.7 Å².